The maximum atomic E-state index is 13.5. The van der Waals surface area contributed by atoms with Crippen molar-refractivity contribution in [2.45, 2.75) is 17.0 Å². The molecular formula is C20H17FN4O2S2. The second-order valence-corrected chi connectivity index (χ2v) is 9.21. The molecule has 2 atom stereocenters. The summed E-state index contributed by atoms with van der Waals surface area (Å²) < 4.78 is 39.5. The van der Waals surface area contributed by atoms with Crippen LogP contribution in [0.3, 0.4) is 0 Å². The highest BCUT2D eigenvalue weighted by atomic mass is 32.2. The van der Waals surface area contributed by atoms with Crippen LogP contribution in [0.5, 0.6) is 0 Å². The van der Waals surface area contributed by atoms with E-state index in [1.165, 1.54) is 12.1 Å². The summed E-state index contributed by atoms with van der Waals surface area (Å²) in [5, 5.41) is 5.62. The highest BCUT2D eigenvalue weighted by Crippen LogP contribution is 2.34. The van der Waals surface area contributed by atoms with Crippen molar-refractivity contribution >= 4 is 27.1 Å². The monoisotopic (exact) mass is 428 g/mol. The minimum absolute atomic E-state index is 0.353. The highest BCUT2D eigenvalue weighted by Gasteiger charge is 2.21. The first-order valence-corrected chi connectivity index (χ1v) is 11.7. The normalized spacial score (nSPS) is 13.5. The molecule has 0 N–H and O–H groups in total. The molecule has 0 fully saturated rings. The first-order valence-electron chi connectivity index (χ1n) is 8.82. The van der Waals surface area contributed by atoms with Crippen LogP contribution in [-0.2, 0) is 21.6 Å². The van der Waals surface area contributed by atoms with Crippen molar-refractivity contribution in [1.29, 1.82) is 0 Å². The van der Waals surface area contributed by atoms with Crippen molar-refractivity contribution in [3.8, 4) is 22.6 Å². The summed E-state index contributed by atoms with van der Waals surface area (Å²) in [5.74, 6) is 0.444. The number of benzene rings is 1. The van der Waals surface area contributed by atoms with E-state index in [0.29, 0.717) is 44.0 Å². The lowest BCUT2D eigenvalue weighted by atomic mass is 10.1. The largest absolute Gasteiger partial charge is 0.253 e. The fourth-order valence-corrected chi connectivity index (χ4v) is 4.34. The van der Waals surface area contributed by atoms with E-state index in [1.807, 2.05) is 13.0 Å². The van der Waals surface area contributed by atoms with Gasteiger partial charge in [0, 0.05) is 23.8 Å². The van der Waals surface area contributed by atoms with Crippen molar-refractivity contribution in [3.63, 3.8) is 0 Å². The third-order valence-electron chi connectivity index (χ3n) is 4.38. The third-order valence-corrected chi connectivity index (χ3v) is 6.50. The molecule has 0 amide bonds. The zero-order chi connectivity index (χ0) is 20.5. The number of nitrogens with zero attached hydrogens (tertiary/aromatic N) is 4. The maximum absolute atomic E-state index is 13.5. The van der Waals surface area contributed by atoms with Crippen LogP contribution in [0.1, 0.15) is 6.92 Å². The molecule has 3 heterocycles. The summed E-state index contributed by atoms with van der Waals surface area (Å²) in [6.07, 6.45) is 3.09. The van der Waals surface area contributed by atoms with Crippen LogP contribution in [-0.4, -0.2) is 40.0 Å². The van der Waals surface area contributed by atoms with Crippen molar-refractivity contribution < 1.29 is 12.8 Å². The van der Waals surface area contributed by atoms with Crippen LogP contribution >= 0.6 is 0 Å². The van der Waals surface area contributed by atoms with Crippen LogP contribution in [0, 0.1) is 5.82 Å². The summed E-state index contributed by atoms with van der Waals surface area (Å²) in [6, 6.07) is 13.0. The SMILES string of the molecule is CCS(=O)c1cccc2c(-c3nccc(S(C)=O)n3)c(-c3ccc(F)cc3)nn12. The van der Waals surface area contributed by atoms with Crippen molar-refractivity contribution in [1.82, 2.24) is 19.6 Å². The van der Waals surface area contributed by atoms with Gasteiger partial charge in [-0.1, -0.05) is 13.0 Å². The van der Waals surface area contributed by atoms with Crippen LogP contribution in [0.25, 0.3) is 28.2 Å². The average molecular weight is 429 g/mol. The number of hydrogen-bond donors (Lipinski definition) is 0. The van der Waals surface area contributed by atoms with Gasteiger partial charge in [-0.3, -0.25) is 8.42 Å². The Labute approximate surface area is 171 Å². The number of hydrogen-bond acceptors (Lipinski definition) is 5. The van der Waals surface area contributed by atoms with E-state index in [-0.39, 0.29) is 5.82 Å². The van der Waals surface area contributed by atoms with Gasteiger partial charge >= 0.3 is 0 Å². The van der Waals surface area contributed by atoms with Gasteiger partial charge in [0.15, 0.2) is 5.82 Å². The van der Waals surface area contributed by atoms with Gasteiger partial charge < -0.3 is 0 Å². The van der Waals surface area contributed by atoms with Gasteiger partial charge in [-0.15, -0.1) is 0 Å². The molecule has 0 saturated heterocycles. The summed E-state index contributed by atoms with van der Waals surface area (Å²) in [4.78, 5) is 8.81. The molecule has 29 heavy (non-hydrogen) atoms. The second kappa shape index (κ2) is 7.92. The predicted octanol–water partition coefficient (Wildman–Crippen LogP) is 3.46. The van der Waals surface area contributed by atoms with Gasteiger partial charge in [-0.05, 0) is 42.5 Å². The van der Waals surface area contributed by atoms with E-state index in [9.17, 15) is 12.8 Å². The van der Waals surface area contributed by atoms with Crippen molar-refractivity contribution in [3.05, 3.63) is 60.5 Å². The Morgan fingerprint density at radius 2 is 1.83 bits per heavy atom. The fraction of sp³-hybridized carbons (Fsp3) is 0.150. The molecule has 6 nitrogen and oxygen atoms in total. The lowest BCUT2D eigenvalue weighted by molar-refractivity contribution is 0.628. The number of aromatic nitrogens is 4. The highest BCUT2D eigenvalue weighted by molar-refractivity contribution is 7.85. The molecule has 0 saturated carbocycles. The van der Waals surface area contributed by atoms with Crippen molar-refractivity contribution in [2.75, 3.05) is 12.0 Å². The molecule has 0 aliphatic heterocycles. The van der Waals surface area contributed by atoms with E-state index >= 15 is 0 Å². The van der Waals surface area contributed by atoms with Gasteiger partial charge in [-0.2, -0.15) is 5.10 Å². The Kier molecular flexibility index (Phi) is 5.33. The summed E-state index contributed by atoms with van der Waals surface area (Å²) in [5.41, 5.74) is 2.48. The Bertz CT molecular complexity index is 1260. The molecule has 0 bridgehead atoms. The summed E-state index contributed by atoms with van der Waals surface area (Å²) in [7, 11) is -2.52. The Hall–Kier alpha value is -2.78. The summed E-state index contributed by atoms with van der Waals surface area (Å²) in [6.45, 7) is 1.84. The van der Waals surface area contributed by atoms with E-state index < -0.39 is 21.6 Å². The second-order valence-electron chi connectivity index (χ2n) is 6.20. The van der Waals surface area contributed by atoms with Gasteiger partial charge in [0.05, 0.1) is 32.7 Å². The molecule has 3 aromatic heterocycles. The Balaban J connectivity index is 2.06. The minimum Gasteiger partial charge on any atom is -0.253 e. The topological polar surface area (TPSA) is 77.2 Å². The van der Waals surface area contributed by atoms with Crippen molar-refractivity contribution in [2.24, 2.45) is 0 Å². The molecule has 2 unspecified atom stereocenters. The fourth-order valence-electron chi connectivity index (χ4n) is 3.02. The standard InChI is InChI=1S/C20H17FN4O2S2/c1-3-29(27)17-6-4-5-15-18(20-22-12-11-16(23-20)28(2)26)19(24-25(15)17)13-7-9-14(21)10-8-13/h4-12H,3H2,1-2H3. The molecule has 1 aromatic carbocycles. The predicted molar refractivity (Wildman–Crippen MR) is 111 cm³/mol. The lowest BCUT2D eigenvalue weighted by Crippen LogP contribution is -2.03. The molecule has 0 aliphatic carbocycles. The first-order chi connectivity index (χ1) is 14.0. The van der Waals surface area contributed by atoms with Crippen LogP contribution in [0.4, 0.5) is 4.39 Å². The van der Waals surface area contributed by atoms with Crippen LogP contribution in [0.15, 0.2) is 64.8 Å². The number of pyridine rings is 1. The van der Waals surface area contributed by atoms with Gasteiger partial charge in [0.1, 0.15) is 21.6 Å². The molecule has 4 rings (SSSR count). The number of halogens is 1. The van der Waals surface area contributed by atoms with E-state index in [1.54, 1.807) is 47.3 Å². The van der Waals surface area contributed by atoms with Crippen LogP contribution in [0.2, 0.25) is 0 Å². The molecule has 0 radical (unpaired) electrons. The van der Waals surface area contributed by atoms with E-state index in [2.05, 4.69) is 15.1 Å². The van der Waals surface area contributed by atoms with E-state index in [0.717, 1.165) is 0 Å². The van der Waals surface area contributed by atoms with Gasteiger partial charge in [0.2, 0.25) is 0 Å². The first kappa shape index (κ1) is 19.5. The molecule has 148 valence electrons. The maximum Gasteiger partial charge on any atom is 0.164 e. The number of rotatable bonds is 5. The average Bonchev–Trinajstić information content (AvgIpc) is 3.13. The molecule has 0 spiro atoms. The Morgan fingerprint density at radius 1 is 1.07 bits per heavy atom. The molecule has 9 heteroatoms. The smallest absolute Gasteiger partial charge is 0.164 e. The quantitative estimate of drug-likeness (QED) is 0.455. The molecule has 4 aromatic rings. The lowest BCUT2D eigenvalue weighted by Gasteiger charge is -2.05. The van der Waals surface area contributed by atoms with Gasteiger partial charge in [0.25, 0.3) is 0 Å². The third kappa shape index (κ3) is 3.63. The summed E-state index contributed by atoms with van der Waals surface area (Å²) >= 11 is 0. The number of fused-ring (bicyclic) bond motifs is 1. The molecular weight excluding hydrogens is 411 g/mol. The molecule has 0 aliphatic rings. The van der Waals surface area contributed by atoms with E-state index in [4.69, 9.17) is 0 Å². The van der Waals surface area contributed by atoms with Crippen LogP contribution < -0.4 is 0 Å². The zero-order valence-electron chi connectivity index (χ0n) is 15.7. The Morgan fingerprint density at radius 3 is 2.52 bits per heavy atom. The zero-order valence-corrected chi connectivity index (χ0v) is 17.3. The minimum atomic E-state index is -1.28. The van der Waals surface area contributed by atoms with Gasteiger partial charge in [-0.25, -0.2) is 18.9 Å².